The van der Waals surface area contributed by atoms with E-state index in [1.54, 1.807) is 45.0 Å². The number of nitrogens with one attached hydrogen (secondary N) is 1. The van der Waals surface area contributed by atoms with E-state index in [9.17, 15) is 14.4 Å². The molecule has 170 valence electrons. The summed E-state index contributed by atoms with van der Waals surface area (Å²) in [5.74, 6) is -0.625. The SMILES string of the molecule is COC(=O)[C@@H]1C[C@H](Oc2nccc(NC(=O)c3ccccc3)n2)CN1C(=O)OC(C)(C)C. The molecule has 1 saturated heterocycles. The van der Waals surface area contributed by atoms with E-state index in [1.807, 2.05) is 6.07 Å². The maximum absolute atomic E-state index is 12.6. The Labute approximate surface area is 185 Å². The van der Waals surface area contributed by atoms with Crippen molar-refractivity contribution >= 4 is 23.8 Å². The summed E-state index contributed by atoms with van der Waals surface area (Å²) in [7, 11) is 1.26. The van der Waals surface area contributed by atoms with E-state index < -0.39 is 29.8 Å². The van der Waals surface area contributed by atoms with E-state index in [4.69, 9.17) is 14.2 Å². The highest BCUT2D eigenvalue weighted by atomic mass is 16.6. The van der Waals surface area contributed by atoms with Gasteiger partial charge in [-0.3, -0.25) is 9.69 Å². The Hall–Kier alpha value is -3.69. The zero-order valence-corrected chi connectivity index (χ0v) is 18.4. The van der Waals surface area contributed by atoms with Gasteiger partial charge in [0.05, 0.1) is 13.7 Å². The Balaban J connectivity index is 1.68. The van der Waals surface area contributed by atoms with Crippen LogP contribution in [0.2, 0.25) is 0 Å². The average Bonchev–Trinajstić information content (AvgIpc) is 3.17. The van der Waals surface area contributed by atoms with E-state index in [0.717, 1.165) is 0 Å². The van der Waals surface area contributed by atoms with Gasteiger partial charge in [0, 0.05) is 18.2 Å². The number of ether oxygens (including phenoxy) is 3. The normalized spacial score (nSPS) is 18.1. The number of hydrogen-bond acceptors (Lipinski definition) is 8. The largest absolute Gasteiger partial charge is 0.467 e. The third-order valence-corrected chi connectivity index (χ3v) is 4.55. The molecule has 0 unspecified atom stereocenters. The maximum Gasteiger partial charge on any atom is 0.411 e. The summed E-state index contributed by atoms with van der Waals surface area (Å²) in [6.07, 6.45) is 0.437. The van der Waals surface area contributed by atoms with Crippen LogP contribution in [0.3, 0.4) is 0 Å². The molecule has 0 radical (unpaired) electrons. The molecule has 2 amide bonds. The highest BCUT2D eigenvalue weighted by molar-refractivity contribution is 6.03. The monoisotopic (exact) mass is 442 g/mol. The van der Waals surface area contributed by atoms with Crippen LogP contribution >= 0.6 is 0 Å². The van der Waals surface area contributed by atoms with Crippen molar-refractivity contribution in [3.63, 3.8) is 0 Å². The van der Waals surface area contributed by atoms with Gasteiger partial charge in [0.2, 0.25) is 0 Å². The molecule has 2 atom stereocenters. The first-order valence-electron chi connectivity index (χ1n) is 10.1. The van der Waals surface area contributed by atoms with Crippen LogP contribution in [0.15, 0.2) is 42.6 Å². The first-order valence-corrected chi connectivity index (χ1v) is 10.1. The number of methoxy groups -OCH3 is 1. The summed E-state index contributed by atoms with van der Waals surface area (Å²) in [6.45, 7) is 5.32. The molecule has 1 aromatic carbocycles. The van der Waals surface area contributed by atoms with Gasteiger partial charge in [0.15, 0.2) is 0 Å². The summed E-state index contributed by atoms with van der Waals surface area (Å²) in [5, 5.41) is 2.68. The quantitative estimate of drug-likeness (QED) is 0.702. The fraction of sp³-hybridized carbons (Fsp3) is 0.409. The molecule has 2 aromatic rings. The predicted molar refractivity (Wildman–Crippen MR) is 114 cm³/mol. The molecule has 0 spiro atoms. The highest BCUT2D eigenvalue weighted by Gasteiger charge is 2.43. The Morgan fingerprint density at radius 3 is 2.50 bits per heavy atom. The van der Waals surface area contributed by atoms with Crippen molar-refractivity contribution in [1.29, 1.82) is 0 Å². The number of anilines is 1. The first-order chi connectivity index (χ1) is 15.2. The van der Waals surface area contributed by atoms with Crippen LogP contribution in [-0.2, 0) is 14.3 Å². The lowest BCUT2D eigenvalue weighted by atomic mass is 10.2. The number of benzene rings is 1. The summed E-state index contributed by atoms with van der Waals surface area (Å²) in [4.78, 5) is 46.6. The van der Waals surface area contributed by atoms with Crippen LogP contribution in [0.4, 0.5) is 10.6 Å². The molecular weight excluding hydrogens is 416 g/mol. The maximum atomic E-state index is 12.6. The highest BCUT2D eigenvalue weighted by Crippen LogP contribution is 2.25. The van der Waals surface area contributed by atoms with E-state index in [2.05, 4.69) is 15.3 Å². The Bertz CT molecular complexity index is 976. The van der Waals surface area contributed by atoms with E-state index in [-0.39, 0.29) is 30.7 Å². The molecule has 1 aliphatic rings. The van der Waals surface area contributed by atoms with E-state index >= 15 is 0 Å². The van der Waals surface area contributed by atoms with Gasteiger partial charge >= 0.3 is 18.1 Å². The summed E-state index contributed by atoms with van der Waals surface area (Å²) >= 11 is 0. The van der Waals surface area contributed by atoms with Gasteiger partial charge in [-0.25, -0.2) is 14.6 Å². The number of nitrogens with zero attached hydrogens (tertiary/aromatic N) is 3. The Morgan fingerprint density at radius 2 is 1.84 bits per heavy atom. The first kappa shape index (κ1) is 23.0. The van der Waals surface area contributed by atoms with Crippen molar-refractivity contribution in [2.45, 2.75) is 44.9 Å². The summed E-state index contributed by atoms with van der Waals surface area (Å²) in [5.41, 5.74) is -0.233. The number of rotatable bonds is 5. The standard InChI is InChI=1S/C22H26N4O6/c1-22(2,3)32-21(29)26-13-15(12-16(26)19(28)30-4)31-20-23-11-10-17(25-20)24-18(27)14-8-6-5-7-9-14/h5-11,15-16H,12-13H2,1-4H3,(H,23,24,25,27)/t15-,16-/m0/s1. The number of carbonyl (C=O) groups excluding carboxylic acids is 3. The molecule has 3 rings (SSSR count). The Morgan fingerprint density at radius 1 is 1.12 bits per heavy atom. The minimum atomic E-state index is -0.846. The van der Waals surface area contributed by atoms with E-state index in [0.29, 0.717) is 5.56 Å². The third kappa shape index (κ3) is 5.93. The molecule has 0 bridgehead atoms. The number of carbonyl (C=O) groups is 3. The average molecular weight is 442 g/mol. The second kappa shape index (κ2) is 9.63. The minimum absolute atomic E-state index is 0.00974. The lowest BCUT2D eigenvalue weighted by molar-refractivity contribution is -0.145. The second-order valence-corrected chi connectivity index (χ2v) is 8.19. The molecule has 1 aliphatic heterocycles. The van der Waals surface area contributed by atoms with Crippen LogP contribution in [0, 0.1) is 0 Å². The molecule has 0 saturated carbocycles. The van der Waals surface area contributed by atoms with Crippen molar-refractivity contribution in [3.8, 4) is 6.01 Å². The van der Waals surface area contributed by atoms with Crippen molar-refractivity contribution in [1.82, 2.24) is 14.9 Å². The summed E-state index contributed by atoms with van der Waals surface area (Å²) in [6, 6.07) is 9.41. The topological polar surface area (TPSA) is 120 Å². The van der Waals surface area contributed by atoms with E-state index in [1.165, 1.54) is 24.3 Å². The second-order valence-electron chi connectivity index (χ2n) is 8.19. The molecule has 1 aromatic heterocycles. The fourth-order valence-corrected chi connectivity index (χ4v) is 3.16. The molecule has 32 heavy (non-hydrogen) atoms. The molecule has 10 nitrogen and oxygen atoms in total. The van der Waals surface area contributed by atoms with Gasteiger partial charge < -0.3 is 19.5 Å². The van der Waals surface area contributed by atoms with Crippen LogP contribution in [0.5, 0.6) is 6.01 Å². The van der Waals surface area contributed by atoms with Gasteiger partial charge in [-0.2, -0.15) is 4.98 Å². The predicted octanol–water partition coefficient (Wildman–Crippen LogP) is 2.66. The van der Waals surface area contributed by atoms with Crippen LogP contribution in [0.1, 0.15) is 37.6 Å². The summed E-state index contributed by atoms with van der Waals surface area (Å²) < 4.78 is 16.0. The molecule has 10 heteroatoms. The number of amides is 2. The molecule has 0 aliphatic carbocycles. The lowest BCUT2D eigenvalue weighted by Crippen LogP contribution is -2.44. The van der Waals surface area contributed by atoms with Crippen molar-refractivity contribution in [2.24, 2.45) is 0 Å². The number of likely N-dealkylation sites (tertiary alicyclic amines) is 1. The zero-order valence-electron chi connectivity index (χ0n) is 18.4. The molecule has 2 heterocycles. The third-order valence-electron chi connectivity index (χ3n) is 4.55. The van der Waals surface area contributed by atoms with Gasteiger partial charge in [-0.15, -0.1) is 0 Å². The van der Waals surface area contributed by atoms with Crippen molar-refractivity contribution < 1.29 is 28.6 Å². The van der Waals surface area contributed by atoms with Crippen LogP contribution in [0.25, 0.3) is 0 Å². The lowest BCUT2D eigenvalue weighted by Gasteiger charge is -2.27. The fourth-order valence-electron chi connectivity index (χ4n) is 3.16. The number of aromatic nitrogens is 2. The van der Waals surface area contributed by atoms with Crippen molar-refractivity contribution in [2.75, 3.05) is 19.0 Å². The van der Waals surface area contributed by atoms with Gasteiger partial charge in [-0.05, 0) is 39.0 Å². The molecule has 1 N–H and O–H groups in total. The zero-order chi connectivity index (χ0) is 23.3. The molecule has 1 fully saturated rings. The van der Waals surface area contributed by atoms with Gasteiger partial charge in [0.25, 0.3) is 5.91 Å². The Kier molecular flexibility index (Phi) is 6.92. The van der Waals surface area contributed by atoms with Gasteiger partial charge in [-0.1, -0.05) is 18.2 Å². The smallest absolute Gasteiger partial charge is 0.411 e. The van der Waals surface area contributed by atoms with Crippen molar-refractivity contribution in [3.05, 3.63) is 48.2 Å². The van der Waals surface area contributed by atoms with Gasteiger partial charge in [0.1, 0.15) is 23.6 Å². The van der Waals surface area contributed by atoms with Crippen LogP contribution < -0.4 is 10.1 Å². The number of esters is 1. The minimum Gasteiger partial charge on any atom is -0.467 e. The van der Waals surface area contributed by atoms with Crippen LogP contribution in [-0.4, -0.2) is 64.2 Å². The number of hydrogen-bond donors (Lipinski definition) is 1. The molecular formula is C22H26N4O6.